The van der Waals surface area contributed by atoms with Crippen LogP contribution in [0, 0.1) is 5.92 Å². The fourth-order valence-electron chi connectivity index (χ4n) is 7.07. The topological polar surface area (TPSA) is 43.3 Å². The van der Waals surface area contributed by atoms with Crippen LogP contribution in [0.5, 0.6) is 0 Å². The summed E-state index contributed by atoms with van der Waals surface area (Å²) < 4.78 is 2.41. The molecule has 45 heavy (non-hydrogen) atoms. The first-order chi connectivity index (χ1) is 22.1. The molecular formula is C42H33N3. The molecule has 6 aromatic carbocycles. The molecule has 8 rings (SSSR count). The number of fused-ring (bicyclic) bond motifs is 6. The number of hydrogen-bond acceptors (Lipinski definition) is 2. The number of rotatable bonds is 5. The summed E-state index contributed by atoms with van der Waals surface area (Å²) in [5.41, 5.74) is 16.3. The third kappa shape index (κ3) is 4.31. The van der Waals surface area contributed by atoms with Gasteiger partial charge in [0.1, 0.15) is 0 Å². The van der Waals surface area contributed by atoms with Gasteiger partial charge in [-0.1, -0.05) is 129 Å². The van der Waals surface area contributed by atoms with Crippen molar-refractivity contribution < 1.29 is 0 Å². The predicted molar refractivity (Wildman–Crippen MR) is 194 cm³/mol. The SMILES string of the molecule is C=C/C(=N\c1c(N)c2ccccc2c2ccccc12)C1=C(c2ccccc2-n2c3ccccc3c3ccccc32)CC(C)C=C1. The van der Waals surface area contributed by atoms with Crippen LogP contribution in [-0.4, -0.2) is 10.3 Å². The van der Waals surface area contributed by atoms with Crippen molar-refractivity contribution in [2.45, 2.75) is 13.3 Å². The van der Waals surface area contributed by atoms with Crippen molar-refractivity contribution in [1.82, 2.24) is 4.57 Å². The number of nitrogen functional groups attached to an aromatic ring is 1. The molecule has 0 spiro atoms. The highest BCUT2D eigenvalue weighted by molar-refractivity contribution is 6.22. The van der Waals surface area contributed by atoms with Crippen molar-refractivity contribution in [3.8, 4) is 5.69 Å². The van der Waals surface area contributed by atoms with Crippen molar-refractivity contribution in [1.29, 1.82) is 0 Å². The maximum absolute atomic E-state index is 6.90. The van der Waals surface area contributed by atoms with Gasteiger partial charge < -0.3 is 10.3 Å². The lowest BCUT2D eigenvalue weighted by atomic mass is 9.84. The molecule has 3 heteroatoms. The van der Waals surface area contributed by atoms with Crippen LogP contribution in [0.25, 0.3) is 54.6 Å². The van der Waals surface area contributed by atoms with Gasteiger partial charge in [-0.25, -0.2) is 4.99 Å². The average Bonchev–Trinajstić information content (AvgIpc) is 3.43. The minimum Gasteiger partial charge on any atom is -0.396 e. The van der Waals surface area contributed by atoms with Crippen LogP contribution in [0.4, 0.5) is 11.4 Å². The largest absolute Gasteiger partial charge is 0.396 e. The van der Waals surface area contributed by atoms with E-state index in [4.69, 9.17) is 10.7 Å². The zero-order chi connectivity index (χ0) is 30.5. The van der Waals surface area contributed by atoms with Gasteiger partial charge in [0.15, 0.2) is 0 Å². The second-order valence-corrected chi connectivity index (χ2v) is 11.9. The predicted octanol–water partition coefficient (Wildman–Crippen LogP) is 11.0. The lowest BCUT2D eigenvalue weighted by Crippen LogP contribution is -2.10. The van der Waals surface area contributed by atoms with Gasteiger partial charge in [0.2, 0.25) is 0 Å². The molecule has 1 atom stereocenters. The molecule has 3 nitrogen and oxygen atoms in total. The minimum absolute atomic E-state index is 0.382. The lowest BCUT2D eigenvalue weighted by molar-refractivity contribution is 0.746. The summed E-state index contributed by atoms with van der Waals surface area (Å²) in [6.07, 6.45) is 7.28. The number of para-hydroxylation sites is 3. The number of allylic oxidation sites excluding steroid dienone is 5. The van der Waals surface area contributed by atoms with E-state index in [1.165, 1.54) is 32.9 Å². The van der Waals surface area contributed by atoms with Gasteiger partial charge in [-0.2, -0.15) is 0 Å². The first kappa shape index (κ1) is 26.9. The van der Waals surface area contributed by atoms with Crippen LogP contribution < -0.4 is 5.73 Å². The van der Waals surface area contributed by atoms with Crippen molar-refractivity contribution in [2.24, 2.45) is 10.9 Å². The fraction of sp³-hybridized carbons (Fsp3) is 0.0714. The molecule has 0 saturated carbocycles. The molecule has 0 aliphatic heterocycles. The molecular weight excluding hydrogens is 546 g/mol. The van der Waals surface area contributed by atoms with Gasteiger partial charge in [0.05, 0.1) is 33.8 Å². The Morgan fingerprint density at radius 1 is 0.711 bits per heavy atom. The zero-order valence-corrected chi connectivity index (χ0v) is 25.2. The van der Waals surface area contributed by atoms with Crippen LogP contribution in [0.3, 0.4) is 0 Å². The van der Waals surface area contributed by atoms with E-state index in [0.717, 1.165) is 50.6 Å². The van der Waals surface area contributed by atoms with Crippen LogP contribution in [0.2, 0.25) is 0 Å². The van der Waals surface area contributed by atoms with Gasteiger partial charge in [0.25, 0.3) is 0 Å². The van der Waals surface area contributed by atoms with E-state index in [1.807, 2.05) is 12.1 Å². The number of anilines is 1. The molecule has 0 bridgehead atoms. The lowest BCUT2D eigenvalue weighted by Gasteiger charge is -2.24. The van der Waals surface area contributed by atoms with Gasteiger partial charge in [-0.3, -0.25) is 0 Å². The van der Waals surface area contributed by atoms with Gasteiger partial charge in [-0.05, 0) is 53.0 Å². The Hall–Kier alpha value is -5.67. The molecule has 1 aromatic heterocycles. The van der Waals surface area contributed by atoms with E-state index in [2.05, 4.69) is 145 Å². The molecule has 0 amide bonds. The first-order valence-electron chi connectivity index (χ1n) is 15.5. The molecule has 1 unspecified atom stereocenters. The fourth-order valence-corrected chi connectivity index (χ4v) is 7.07. The highest BCUT2D eigenvalue weighted by atomic mass is 15.0. The highest BCUT2D eigenvalue weighted by Crippen LogP contribution is 2.43. The van der Waals surface area contributed by atoms with Gasteiger partial charge in [-0.15, -0.1) is 0 Å². The Morgan fingerprint density at radius 3 is 1.91 bits per heavy atom. The highest BCUT2D eigenvalue weighted by Gasteiger charge is 2.23. The summed E-state index contributed by atoms with van der Waals surface area (Å²) >= 11 is 0. The Bertz CT molecular complexity index is 2350. The molecule has 0 fully saturated rings. The van der Waals surface area contributed by atoms with Crippen LogP contribution in [0.15, 0.2) is 157 Å². The Morgan fingerprint density at radius 2 is 1.24 bits per heavy atom. The number of hydrogen-bond donors (Lipinski definition) is 1. The first-order valence-corrected chi connectivity index (χ1v) is 15.5. The van der Waals surface area contributed by atoms with E-state index in [-0.39, 0.29) is 0 Å². The molecule has 2 N–H and O–H groups in total. The standard InChI is InChI=1S/C42H33N3/c1-3-37(44-42-35-20-7-5-15-29(35)28-14-4-6-19-34(28)41(42)43)30-25-24-27(2)26-36(30)33-18-10-13-23-40(33)45-38-21-11-8-16-31(38)32-17-9-12-22-39(32)45/h3-25,27H,1,26,43H2,2H3/b44-37+. The third-order valence-corrected chi connectivity index (χ3v) is 9.14. The summed E-state index contributed by atoms with van der Waals surface area (Å²) in [7, 11) is 0. The quantitative estimate of drug-likeness (QED) is 0.123. The maximum atomic E-state index is 6.90. The van der Waals surface area contributed by atoms with Gasteiger partial charge in [0, 0.05) is 32.7 Å². The monoisotopic (exact) mass is 579 g/mol. The summed E-state index contributed by atoms with van der Waals surface area (Å²) in [4.78, 5) is 5.33. The Labute approximate surface area is 263 Å². The average molecular weight is 580 g/mol. The van der Waals surface area contributed by atoms with E-state index in [0.29, 0.717) is 11.6 Å². The molecule has 1 aliphatic rings. The molecule has 7 aromatic rings. The summed E-state index contributed by atoms with van der Waals surface area (Å²) in [5, 5.41) is 6.83. The number of aliphatic imine (C=N–C) groups is 1. The summed E-state index contributed by atoms with van der Waals surface area (Å²) in [6.45, 7) is 6.53. The van der Waals surface area contributed by atoms with Crippen molar-refractivity contribution in [2.75, 3.05) is 5.73 Å². The van der Waals surface area contributed by atoms with Crippen LogP contribution in [0.1, 0.15) is 18.9 Å². The normalized spacial score (nSPS) is 15.5. The number of aromatic nitrogens is 1. The summed E-state index contributed by atoms with van der Waals surface area (Å²) in [5.74, 6) is 0.382. The summed E-state index contributed by atoms with van der Waals surface area (Å²) in [6, 6.07) is 42.8. The maximum Gasteiger partial charge on any atom is 0.0951 e. The molecule has 216 valence electrons. The van der Waals surface area contributed by atoms with Crippen molar-refractivity contribution >= 4 is 66.0 Å². The van der Waals surface area contributed by atoms with E-state index in [9.17, 15) is 0 Å². The van der Waals surface area contributed by atoms with Crippen LogP contribution in [-0.2, 0) is 0 Å². The third-order valence-electron chi connectivity index (χ3n) is 9.14. The van der Waals surface area contributed by atoms with Crippen molar-refractivity contribution in [3.63, 3.8) is 0 Å². The molecule has 0 radical (unpaired) electrons. The molecule has 0 saturated heterocycles. The molecule has 1 aliphatic carbocycles. The van der Waals surface area contributed by atoms with E-state index >= 15 is 0 Å². The smallest absolute Gasteiger partial charge is 0.0951 e. The van der Waals surface area contributed by atoms with E-state index in [1.54, 1.807) is 0 Å². The van der Waals surface area contributed by atoms with Crippen LogP contribution >= 0.6 is 0 Å². The van der Waals surface area contributed by atoms with Gasteiger partial charge >= 0.3 is 0 Å². The number of nitrogens with two attached hydrogens (primary N) is 1. The minimum atomic E-state index is 0.382. The van der Waals surface area contributed by atoms with Crippen molar-refractivity contribution in [3.05, 3.63) is 157 Å². The number of nitrogens with zero attached hydrogens (tertiary/aromatic N) is 2. The van der Waals surface area contributed by atoms with E-state index < -0.39 is 0 Å². The second kappa shape index (κ2) is 10.8. The second-order valence-electron chi connectivity index (χ2n) is 11.9. The molecule has 1 heterocycles. The Kier molecular flexibility index (Phi) is 6.46. The zero-order valence-electron chi connectivity index (χ0n) is 25.2. The number of benzene rings is 6. The Balaban J connectivity index is 1.40.